The molecular weight excluding hydrogens is 354 g/mol. The SMILES string of the molecule is O=C(c1ccc(N2C[C@H]3c4ccccc4OC[C@@]3(CO)C2)nc1)N1CCCC1. The smallest absolute Gasteiger partial charge is 0.255 e. The lowest BCUT2D eigenvalue weighted by Crippen LogP contribution is -2.42. The third-order valence-corrected chi connectivity index (χ3v) is 6.48. The van der Waals surface area contributed by atoms with Gasteiger partial charge in [-0.25, -0.2) is 4.98 Å². The highest BCUT2D eigenvalue weighted by atomic mass is 16.5. The number of carbonyl (C=O) groups excluding carboxylic acids is 1. The molecule has 6 heteroatoms. The van der Waals surface area contributed by atoms with E-state index in [-0.39, 0.29) is 23.8 Å². The number of carbonyl (C=O) groups is 1. The van der Waals surface area contributed by atoms with Crippen LogP contribution in [0.25, 0.3) is 0 Å². The third-order valence-electron chi connectivity index (χ3n) is 6.48. The number of amides is 1. The minimum Gasteiger partial charge on any atom is -0.493 e. The molecule has 1 N–H and O–H groups in total. The van der Waals surface area contributed by atoms with Gasteiger partial charge in [0.25, 0.3) is 5.91 Å². The van der Waals surface area contributed by atoms with E-state index in [0.29, 0.717) is 18.7 Å². The summed E-state index contributed by atoms with van der Waals surface area (Å²) in [6.07, 6.45) is 3.85. The second kappa shape index (κ2) is 6.78. The Bertz CT molecular complexity index is 879. The van der Waals surface area contributed by atoms with Crippen molar-refractivity contribution >= 4 is 11.7 Å². The van der Waals surface area contributed by atoms with Crippen LogP contribution in [0.5, 0.6) is 5.75 Å². The summed E-state index contributed by atoms with van der Waals surface area (Å²) in [5, 5.41) is 10.2. The van der Waals surface area contributed by atoms with Gasteiger partial charge in [-0.1, -0.05) is 18.2 Å². The number of para-hydroxylation sites is 1. The molecule has 146 valence electrons. The number of pyridine rings is 1. The van der Waals surface area contributed by atoms with E-state index in [2.05, 4.69) is 16.0 Å². The molecule has 0 bridgehead atoms. The van der Waals surface area contributed by atoms with Crippen molar-refractivity contribution in [1.82, 2.24) is 9.88 Å². The number of ether oxygens (including phenoxy) is 1. The summed E-state index contributed by atoms with van der Waals surface area (Å²) >= 11 is 0. The summed E-state index contributed by atoms with van der Waals surface area (Å²) in [7, 11) is 0. The Morgan fingerprint density at radius 1 is 1.21 bits per heavy atom. The number of hydrogen-bond donors (Lipinski definition) is 1. The number of nitrogens with zero attached hydrogens (tertiary/aromatic N) is 3. The number of hydrogen-bond acceptors (Lipinski definition) is 5. The van der Waals surface area contributed by atoms with Crippen LogP contribution in [0.3, 0.4) is 0 Å². The molecule has 0 unspecified atom stereocenters. The van der Waals surface area contributed by atoms with Crippen molar-refractivity contribution in [2.45, 2.75) is 18.8 Å². The van der Waals surface area contributed by atoms with Crippen molar-refractivity contribution in [3.8, 4) is 5.75 Å². The Morgan fingerprint density at radius 3 is 2.79 bits per heavy atom. The number of rotatable bonds is 3. The molecule has 0 radical (unpaired) electrons. The lowest BCUT2D eigenvalue weighted by Gasteiger charge is -2.37. The van der Waals surface area contributed by atoms with Crippen LogP contribution in [0.2, 0.25) is 0 Å². The first-order chi connectivity index (χ1) is 13.7. The maximum Gasteiger partial charge on any atom is 0.255 e. The fourth-order valence-electron chi connectivity index (χ4n) is 4.85. The first-order valence-electron chi connectivity index (χ1n) is 10.0. The predicted octanol–water partition coefficient (Wildman–Crippen LogP) is 2.29. The van der Waals surface area contributed by atoms with E-state index in [4.69, 9.17) is 4.74 Å². The Hall–Kier alpha value is -2.60. The molecule has 3 aliphatic rings. The molecule has 2 saturated heterocycles. The Morgan fingerprint density at radius 2 is 2.04 bits per heavy atom. The monoisotopic (exact) mass is 379 g/mol. The summed E-state index contributed by atoms with van der Waals surface area (Å²) in [6, 6.07) is 11.9. The van der Waals surface area contributed by atoms with Crippen molar-refractivity contribution in [2.24, 2.45) is 5.41 Å². The van der Waals surface area contributed by atoms with Gasteiger partial charge in [-0.2, -0.15) is 0 Å². The van der Waals surface area contributed by atoms with Gasteiger partial charge in [-0.15, -0.1) is 0 Å². The lowest BCUT2D eigenvalue weighted by atomic mass is 9.74. The van der Waals surface area contributed by atoms with E-state index < -0.39 is 0 Å². The molecule has 4 heterocycles. The molecule has 0 aliphatic carbocycles. The van der Waals surface area contributed by atoms with E-state index >= 15 is 0 Å². The normalized spacial score (nSPS) is 26.0. The second-order valence-corrected chi connectivity index (χ2v) is 8.18. The van der Waals surface area contributed by atoms with Gasteiger partial charge in [0.2, 0.25) is 0 Å². The van der Waals surface area contributed by atoms with Crippen LogP contribution in [-0.4, -0.2) is 60.3 Å². The van der Waals surface area contributed by atoms with Crippen molar-refractivity contribution in [3.63, 3.8) is 0 Å². The van der Waals surface area contributed by atoms with Crippen molar-refractivity contribution in [3.05, 3.63) is 53.7 Å². The molecule has 2 aromatic rings. The van der Waals surface area contributed by atoms with Gasteiger partial charge in [-0.3, -0.25) is 4.79 Å². The molecular formula is C22H25N3O3. The number of anilines is 1. The first kappa shape index (κ1) is 17.5. The minimum atomic E-state index is -0.319. The van der Waals surface area contributed by atoms with E-state index in [1.54, 1.807) is 6.20 Å². The summed E-state index contributed by atoms with van der Waals surface area (Å²) in [5.74, 6) is 2.03. The largest absolute Gasteiger partial charge is 0.493 e. The number of fused-ring (bicyclic) bond motifs is 3. The van der Waals surface area contributed by atoms with Crippen LogP contribution in [0.1, 0.15) is 34.7 Å². The highest BCUT2D eigenvalue weighted by molar-refractivity contribution is 5.94. The summed E-state index contributed by atoms with van der Waals surface area (Å²) in [5.41, 5.74) is 1.49. The molecule has 2 fully saturated rings. The van der Waals surface area contributed by atoms with Gasteiger partial charge in [-0.05, 0) is 36.6 Å². The number of likely N-dealkylation sites (tertiary alicyclic amines) is 1. The minimum absolute atomic E-state index is 0.0702. The average molecular weight is 379 g/mol. The van der Waals surface area contributed by atoms with Gasteiger partial charge >= 0.3 is 0 Å². The lowest BCUT2D eigenvalue weighted by molar-refractivity contribution is 0.0535. The van der Waals surface area contributed by atoms with Crippen LogP contribution in [0, 0.1) is 5.41 Å². The maximum absolute atomic E-state index is 12.5. The topological polar surface area (TPSA) is 65.9 Å². The van der Waals surface area contributed by atoms with E-state index in [0.717, 1.165) is 49.6 Å². The van der Waals surface area contributed by atoms with E-state index in [1.165, 1.54) is 0 Å². The number of aromatic nitrogens is 1. The number of benzene rings is 1. The van der Waals surface area contributed by atoms with Gasteiger partial charge in [0.15, 0.2) is 0 Å². The fourth-order valence-corrected chi connectivity index (χ4v) is 4.85. The average Bonchev–Trinajstić information content (AvgIpc) is 3.42. The Kier molecular flexibility index (Phi) is 4.23. The molecule has 6 nitrogen and oxygen atoms in total. The summed E-state index contributed by atoms with van der Waals surface area (Å²) < 4.78 is 5.97. The van der Waals surface area contributed by atoms with Gasteiger partial charge in [0.1, 0.15) is 11.6 Å². The molecule has 2 atom stereocenters. The Labute approximate surface area is 164 Å². The van der Waals surface area contributed by atoms with Crippen LogP contribution in [-0.2, 0) is 0 Å². The van der Waals surface area contributed by atoms with E-state index in [1.807, 2.05) is 35.2 Å². The standard InChI is InChI=1S/C22H25N3O3/c26-14-22-13-25(12-18(22)17-5-1-2-6-19(17)28-15-22)20-8-7-16(11-23-20)21(27)24-9-3-4-10-24/h1-2,5-8,11,18,26H,3-4,9-10,12-15H2/t18-,22-/m0/s1. The molecule has 1 aromatic carbocycles. The zero-order valence-corrected chi connectivity index (χ0v) is 15.9. The molecule has 1 amide bonds. The molecule has 0 saturated carbocycles. The van der Waals surface area contributed by atoms with Crippen molar-refractivity contribution in [1.29, 1.82) is 0 Å². The van der Waals surface area contributed by atoms with Gasteiger partial charge in [0, 0.05) is 38.3 Å². The highest BCUT2D eigenvalue weighted by Gasteiger charge is 2.51. The van der Waals surface area contributed by atoms with Gasteiger partial charge < -0.3 is 19.6 Å². The highest BCUT2D eigenvalue weighted by Crippen LogP contribution is 2.49. The zero-order chi connectivity index (χ0) is 19.1. The number of aliphatic hydroxyl groups excluding tert-OH is 1. The van der Waals surface area contributed by atoms with Gasteiger partial charge in [0.05, 0.1) is 24.2 Å². The van der Waals surface area contributed by atoms with Crippen molar-refractivity contribution in [2.75, 3.05) is 44.3 Å². The predicted molar refractivity (Wildman–Crippen MR) is 106 cm³/mol. The van der Waals surface area contributed by atoms with Crippen LogP contribution in [0.4, 0.5) is 5.82 Å². The van der Waals surface area contributed by atoms with Crippen LogP contribution < -0.4 is 9.64 Å². The fraction of sp³-hybridized carbons (Fsp3) is 0.455. The molecule has 5 rings (SSSR count). The third kappa shape index (κ3) is 2.75. The summed E-state index contributed by atoms with van der Waals surface area (Å²) in [6.45, 7) is 3.74. The quantitative estimate of drug-likeness (QED) is 0.886. The zero-order valence-electron chi connectivity index (χ0n) is 15.9. The molecule has 28 heavy (non-hydrogen) atoms. The maximum atomic E-state index is 12.5. The molecule has 0 spiro atoms. The van der Waals surface area contributed by atoms with Crippen LogP contribution in [0.15, 0.2) is 42.6 Å². The molecule has 1 aromatic heterocycles. The Balaban J connectivity index is 1.38. The number of aliphatic hydroxyl groups is 1. The first-order valence-corrected chi connectivity index (χ1v) is 10.0. The van der Waals surface area contributed by atoms with Crippen molar-refractivity contribution < 1.29 is 14.6 Å². The van der Waals surface area contributed by atoms with E-state index in [9.17, 15) is 9.90 Å². The molecule has 3 aliphatic heterocycles. The summed E-state index contributed by atoms with van der Waals surface area (Å²) in [4.78, 5) is 21.2. The second-order valence-electron chi connectivity index (χ2n) is 8.18. The van der Waals surface area contributed by atoms with Crippen LogP contribution >= 0.6 is 0 Å².